The molecule has 0 aliphatic carbocycles. The summed E-state index contributed by atoms with van der Waals surface area (Å²) in [6, 6.07) is 3.81. The molecule has 0 bridgehead atoms. The van der Waals surface area contributed by atoms with E-state index in [9.17, 15) is 9.59 Å². The highest BCUT2D eigenvalue weighted by molar-refractivity contribution is 5.66. The first kappa shape index (κ1) is 37.2. The first-order valence-electron chi connectivity index (χ1n) is 12.6. The number of fused-ring (bicyclic) bond motifs is 1. The second-order valence-electron chi connectivity index (χ2n) is 9.04. The molecule has 220 valence electrons. The van der Waals surface area contributed by atoms with Crippen LogP contribution in [0, 0.1) is 17.2 Å². The van der Waals surface area contributed by atoms with E-state index in [1.807, 2.05) is 53.7 Å². The number of aliphatic carboxylic acids is 1. The van der Waals surface area contributed by atoms with Crippen LogP contribution in [0.15, 0.2) is 18.5 Å². The molecule has 1 fully saturated rings. The zero-order chi connectivity index (χ0) is 30.4. The van der Waals surface area contributed by atoms with E-state index in [2.05, 4.69) is 16.7 Å². The third kappa shape index (κ3) is 15.8. The van der Waals surface area contributed by atoms with E-state index in [4.69, 9.17) is 40.2 Å². The first-order valence-corrected chi connectivity index (χ1v) is 12.6. The minimum Gasteiger partial charge on any atom is -0.483 e. The highest BCUT2D eigenvalue weighted by Gasteiger charge is 2.30. The van der Waals surface area contributed by atoms with Crippen molar-refractivity contribution in [1.82, 2.24) is 14.6 Å². The Kier molecular flexibility index (Phi) is 20.1. The third-order valence-electron chi connectivity index (χ3n) is 4.70. The number of hydrogen-bond donors (Lipinski definition) is 3. The molecule has 2 unspecified atom stereocenters. The molecule has 39 heavy (non-hydrogen) atoms. The van der Waals surface area contributed by atoms with Gasteiger partial charge in [-0.3, -0.25) is 9.59 Å². The van der Waals surface area contributed by atoms with Crippen LogP contribution in [0.3, 0.4) is 0 Å². The smallest absolute Gasteiger partial charge is 0.483 e. The van der Waals surface area contributed by atoms with Gasteiger partial charge in [-0.2, -0.15) is 5.10 Å². The number of nitriles is 1. The second kappa shape index (κ2) is 21.1. The maximum atomic E-state index is 11.6. The largest absolute Gasteiger partial charge is 0.508 e. The van der Waals surface area contributed by atoms with Gasteiger partial charge in [-0.25, -0.2) is 19.6 Å². The van der Waals surface area contributed by atoms with Gasteiger partial charge in [-0.15, -0.1) is 0 Å². The molecule has 1 aliphatic heterocycles. The number of unbranched alkanes of at least 4 members (excludes halogenated alkanes) is 1. The van der Waals surface area contributed by atoms with E-state index >= 15 is 0 Å². The lowest BCUT2D eigenvalue weighted by atomic mass is 9.99. The number of carbonyl (C=O) groups is 3. The number of hydrogen-bond acceptors (Lipinski definition) is 10. The highest BCUT2D eigenvalue weighted by atomic mass is 16.7. The van der Waals surface area contributed by atoms with Crippen molar-refractivity contribution in [2.75, 3.05) is 18.9 Å². The average Bonchev–Trinajstić information content (AvgIpc) is 3.55. The maximum absolute atomic E-state index is 11.6. The predicted molar refractivity (Wildman–Crippen MR) is 145 cm³/mol. The molecule has 3 rings (SSSR count). The molecule has 3 heterocycles. The Labute approximate surface area is 229 Å². The van der Waals surface area contributed by atoms with Crippen molar-refractivity contribution in [2.45, 2.75) is 85.9 Å². The van der Waals surface area contributed by atoms with E-state index in [0.29, 0.717) is 18.8 Å². The lowest BCUT2D eigenvalue weighted by Gasteiger charge is -2.18. The lowest BCUT2D eigenvalue weighted by Crippen LogP contribution is -2.22. The van der Waals surface area contributed by atoms with E-state index in [1.165, 1.54) is 6.33 Å². The number of ether oxygens (including phenoxy) is 3. The van der Waals surface area contributed by atoms with Crippen molar-refractivity contribution < 1.29 is 38.8 Å². The van der Waals surface area contributed by atoms with Crippen LogP contribution in [0.5, 0.6) is 0 Å². The Balaban J connectivity index is 0. The molecule has 0 spiro atoms. The lowest BCUT2D eigenvalue weighted by molar-refractivity contribution is -0.137. The van der Waals surface area contributed by atoms with E-state index in [1.54, 1.807) is 4.52 Å². The van der Waals surface area contributed by atoms with Gasteiger partial charge in [0.25, 0.3) is 6.47 Å². The van der Waals surface area contributed by atoms with Crippen LogP contribution in [0.4, 0.5) is 10.6 Å². The van der Waals surface area contributed by atoms with E-state index in [-0.39, 0.29) is 30.7 Å². The summed E-state index contributed by atoms with van der Waals surface area (Å²) in [5, 5.41) is 25.7. The van der Waals surface area contributed by atoms with Crippen LogP contribution in [0.25, 0.3) is 5.52 Å². The second-order valence-corrected chi connectivity index (χ2v) is 9.04. The Morgan fingerprint density at radius 3 is 2.38 bits per heavy atom. The topological polar surface area (TPSA) is 199 Å². The maximum Gasteiger partial charge on any atom is 0.508 e. The van der Waals surface area contributed by atoms with Crippen molar-refractivity contribution in [3.05, 3.63) is 24.2 Å². The van der Waals surface area contributed by atoms with Gasteiger partial charge >= 0.3 is 12.1 Å². The number of nitrogen functional groups attached to an aromatic ring is 1. The van der Waals surface area contributed by atoms with Crippen LogP contribution in [0.1, 0.15) is 85.4 Å². The Bertz CT molecular complexity index is 988. The third-order valence-corrected chi connectivity index (χ3v) is 4.70. The molecular weight excluding hydrogens is 510 g/mol. The minimum absolute atomic E-state index is 0.0895. The fourth-order valence-corrected chi connectivity index (χ4v) is 3.07. The van der Waals surface area contributed by atoms with Crippen LogP contribution in [-0.2, 0) is 23.8 Å². The summed E-state index contributed by atoms with van der Waals surface area (Å²) in [5.41, 5.74) is 7.44. The molecule has 13 heteroatoms. The Morgan fingerprint density at radius 2 is 1.87 bits per heavy atom. The van der Waals surface area contributed by atoms with Gasteiger partial charge in [0.2, 0.25) is 0 Å². The highest BCUT2D eigenvalue weighted by Crippen LogP contribution is 2.34. The monoisotopic (exact) mass is 553 g/mol. The van der Waals surface area contributed by atoms with Crippen LogP contribution >= 0.6 is 0 Å². The molecule has 2 aromatic rings. The fraction of sp³-hybridized carbons (Fsp3) is 0.615. The number of carbonyl (C=O) groups excluding carboxylic acids is 1. The summed E-state index contributed by atoms with van der Waals surface area (Å²) in [7, 11) is 0. The summed E-state index contributed by atoms with van der Waals surface area (Å²) < 4.78 is 18.0. The van der Waals surface area contributed by atoms with Crippen molar-refractivity contribution >= 4 is 29.9 Å². The summed E-state index contributed by atoms with van der Waals surface area (Å²) in [6.07, 6.45) is 4.19. The van der Waals surface area contributed by atoms with Crippen molar-refractivity contribution in [2.24, 2.45) is 5.41 Å². The number of nitrogens with zero attached hydrogens (tertiary/aromatic N) is 4. The fourth-order valence-electron chi connectivity index (χ4n) is 3.07. The van der Waals surface area contributed by atoms with Gasteiger partial charge in [-0.05, 0) is 36.8 Å². The first-order chi connectivity index (χ1) is 18.5. The van der Waals surface area contributed by atoms with Crippen LogP contribution < -0.4 is 5.73 Å². The number of rotatable bonds is 7. The quantitative estimate of drug-likeness (QED) is 0.311. The van der Waals surface area contributed by atoms with Gasteiger partial charge in [0.05, 0.1) is 18.4 Å². The summed E-state index contributed by atoms with van der Waals surface area (Å²) in [4.78, 5) is 33.7. The summed E-state index contributed by atoms with van der Waals surface area (Å²) in [6.45, 7) is 15.7. The molecule has 0 aromatic carbocycles. The number of aromatic nitrogens is 3. The SMILES string of the molecule is C#N.CC.CC(C)(C)COC(=O)OCC1CCC(c2ccc3c(N)ncnn23)O1.CCCCC(=O)O.O=CO. The zero-order valence-electron chi connectivity index (χ0n) is 23.7. The number of carboxylic acid groups (broad SMARTS) is 2. The standard InChI is InChI=1S/C17H24N4O4.C5H10O2.C2H6.CHN.CH2O2/c1-17(2,3)9-24-16(22)23-8-11-4-7-14(25-11)12-5-6-13-15(18)19-10-20-21(12)13;1-2-3-4-5(6)7;2*1-2;2-1-3/h5-6,10-11,14H,4,7-9H2,1-3H3,(H2,18,19,20);2-4H2,1H3,(H,6,7);1-2H3;1H;1H,(H,2,3). The van der Waals surface area contributed by atoms with Crippen molar-refractivity contribution in [1.29, 1.82) is 5.26 Å². The zero-order valence-corrected chi connectivity index (χ0v) is 23.7. The minimum atomic E-state index is -0.693. The Morgan fingerprint density at radius 1 is 1.26 bits per heavy atom. The van der Waals surface area contributed by atoms with Gasteiger partial charge < -0.3 is 30.2 Å². The molecule has 2 aromatic heterocycles. The predicted octanol–water partition coefficient (Wildman–Crippen LogP) is 4.86. The van der Waals surface area contributed by atoms with Gasteiger partial charge in [0.1, 0.15) is 24.6 Å². The van der Waals surface area contributed by atoms with E-state index in [0.717, 1.165) is 36.9 Å². The Hall–Kier alpha value is -3.92. The average molecular weight is 554 g/mol. The number of nitrogens with two attached hydrogens (primary N) is 1. The molecule has 0 amide bonds. The molecular formula is C26H43N5O8. The van der Waals surface area contributed by atoms with Gasteiger partial charge in [0, 0.05) is 13.0 Å². The molecule has 1 aliphatic rings. The van der Waals surface area contributed by atoms with Gasteiger partial charge in [0.15, 0.2) is 5.82 Å². The van der Waals surface area contributed by atoms with Crippen molar-refractivity contribution in [3.63, 3.8) is 0 Å². The molecule has 4 N–H and O–H groups in total. The molecule has 2 atom stereocenters. The molecule has 1 saturated heterocycles. The number of anilines is 1. The molecule has 0 radical (unpaired) electrons. The van der Waals surface area contributed by atoms with Crippen molar-refractivity contribution in [3.8, 4) is 6.57 Å². The van der Waals surface area contributed by atoms with Gasteiger partial charge in [-0.1, -0.05) is 48.0 Å². The van der Waals surface area contributed by atoms with Crippen LogP contribution in [0.2, 0.25) is 0 Å². The molecule has 13 nitrogen and oxygen atoms in total. The summed E-state index contributed by atoms with van der Waals surface area (Å²) >= 11 is 0. The van der Waals surface area contributed by atoms with E-state index < -0.39 is 12.1 Å². The van der Waals surface area contributed by atoms with Crippen LogP contribution in [-0.4, -0.2) is 62.7 Å². The number of carboxylic acids is 1. The molecule has 0 saturated carbocycles. The normalized spacial score (nSPS) is 15.4. The summed E-state index contributed by atoms with van der Waals surface area (Å²) in [5.74, 6) is -0.262.